The third-order valence-electron chi connectivity index (χ3n) is 5.82. The highest BCUT2D eigenvalue weighted by Gasteiger charge is 2.42. The van der Waals surface area contributed by atoms with Gasteiger partial charge in [-0.3, -0.25) is 0 Å². The summed E-state index contributed by atoms with van der Waals surface area (Å²) in [5.74, 6) is 1.53. The third-order valence-corrected chi connectivity index (χ3v) is 5.82. The zero-order valence-electron chi connectivity index (χ0n) is 13.1. The van der Waals surface area contributed by atoms with Crippen molar-refractivity contribution in [2.24, 2.45) is 11.8 Å². The normalized spacial score (nSPS) is 32.9. The highest BCUT2D eigenvalue weighted by atomic mass is 16.5. The number of anilines is 1. The van der Waals surface area contributed by atoms with E-state index in [1.165, 1.54) is 61.8 Å². The van der Waals surface area contributed by atoms with Crippen molar-refractivity contribution in [2.75, 3.05) is 11.9 Å². The lowest BCUT2D eigenvalue weighted by molar-refractivity contribution is -0.0458. The van der Waals surface area contributed by atoms with E-state index in [4.69, 9.17) is 4.74 Å². The zero-order chi connectivity index (χ0) is 14.2. The topological polar surface area (TPSA) is 21.3 Å². The molecule has 21 heavy (non-hydrogen) atoms. The summed E-state index contributed by atoms with van der Waals surface area (Å²) in [5.41, 5.74) is 4.09. The first-order chi connectivity index (χ1) is 10.3. The van der Waals surface area contributed by atoms with Crippen LogP contribution in [0.25, 0.3) is 0 Å². The molecule has 1 N–H and O–H groups in total. The Morgan fingerprint density at radius 2 is 1.90 bits per heavy atom. The standard InChI is InChI=1S/C19H27NO/c1-13-9-10-17-16(12-13)19-15(8-5-11-21-19)18(20-17)14-6-3-2-4-7-14/h9-10,12,14-15,18-20H,2-8,11H2,1H3/t15-,18+,19-/m0/s1. The van der Waals surface area contributed by atoms with Gasteiger partial charge < -0.3 is 10.1 Å². The maximum atomic E-state index is 6.24. The van der Waals surface area contributed by atoms with Crippen LogP contribution in [-0.4, -0.2) is 12.6 Å². The first-order valence-electron chi connectivity index (χ1n) is 8.81. The molecule has 1 saturated heterocycles. The Morgan fingerprint density at radius 3 is 2.76 bits per heavy atom. The summed E-state index contributed by atoms with van der Waals surface area (Å²) < 4.78 is 6.24. The largest absolute Gasteiger partial charge is 0.381 e. The third kappa shape index (κ3) is 2.48. The molecule has 3 atom stereocenters. The average molecular weight is 285 g/mol. The van der Waals surface area contributed by atoms with Crippen LogP contribution in [0.1, 0.15) is 62.2 Å². The van der Waals surface area contributed by atoms with Gasteiger partial charge in [0, 0.05) is 29.8 Å². The number of nitrogens with one attached hydrogen (secondary N) is 1. The summed E-state index contributed by atoms with van der Waals surface area (Å²) in [7, 11) is 0. The second-order valence-corrected chi connectivity index (χ2v) is 7.26. The van der Waals surface area contributed by atoms with Gasteiger partial charge in [0.1, 0.15) is 0 Å². The molecule has 2 aliphatic heterocycles. The van der Waals surface area contributed by atoms with Crippen molar-refractivity contribution in [1.29, 1.82) is 0 Å². The van der Waals surface area contributed by atoms with Crippen LogP contribution in [0.4, 0.5) is 5.69 Å². The molecule has 2 heteroatoms. The Bertz CT molecular complexity index is 506. The fourth-order valence-electron chi connectivity index (χ4n) is 4.79. The van der Waals surface area contributed by atoms with Crippen molar-refractivity contribution in [3.63, 3.8) is 0 Å². The van der Waals surface area contributed by atoms with Gasteiger partial charge in [-0.15, -0.1) is 0 Å². The summed E-state index contributed by atoms with van der Waals surface area (Å²) >= 11 is 0. The maximum Gasteiger partial charge on any atom is 0.0892 e. The molecule has 1 aliphatic carbocycles. The van der Waals surface area contributed by atoms with Crippen molar-refractivity contribution < 1.29 is 4.74 Å². The van der Waals surface area contributed by atoms with Gasteiger partial charge in [0.2, 0.25) is 0 Å². The second kappa shape index (κ2) is 5.64. The molecule has 0 spiro atoms. The number of rotatable bonds is 1. The molecule has 1 aromatic carbocycles. The predicted octanol–water partition coefficient (Wildman–Crippen LogP) is 4.84. The van der Waals surface area contributed by atoms with E-state index in [0.29, 0.717) is 18.1 Å². The number of fused-ring (bicyclic) bond motifs is 3. The second-order valence-electron chi connectivity index (χ2n) is 7.26. The number of hydrogen-bond donors (Lipinski definition) is 1. The zero-order valence-corrected chi connectivity index (χ0v) is 13.1. The van der Waals surface area contributed by atoms with Gasteiger partial charge >= 0.3 is 0 Å². The summed E-state index contributed by atoms with van der Waals surface area (Å²) in [6.07, 6.45) is 9.97. The average Bonchev–Trinajstić information content (AvgIpc) is 2.55. The van der Waals surface area contributed by atoms with Crippen LogP contribution >= 0.6 is 0 Å². The Morgan fingerprint density at radius 1 is 1.05 bits per heavy atom. The van der Waals surface area contributed by atoms with Crippen LogP contribution in [0, 0.1) is 18.8 Å². The number of hydrogen-bond acceptors (Lipinski definition) is 2. The summed E-state index contributed by atoms with van der Waals surface area (Å²) in [4.78, 5) is 0. The molecule has 0 bridgehead atoms. The van der Waals surface area contributed by atoms with E-state index in [1.807, 2.05) is 0 Å². The van der Waals surface area contributed by atoms with Gasteiger partial charge in [-0.1, -0.05) is 37.0 Å². The van der Waals surface area contributed by atoms with E-state index in [1.54, 1.807) is 0 Å². The van der Waals surface area contributed by atoms with Gasteiger partial charge in [0.15, 0.2) is 0 Å². The molecule has 2 fully saturated rings. The lowest BCUT2D eigenvalue weighted by Crippen LogP contribution is -2.46. The highest BCUT2D eigenvalue weighted by molar-refractivity contribution is 5.57. The summed E-state index contributed by atoms with van der Waals surface area (Å²) in [6, 6.07) is 7.47. The van der Waals surface area contributed by atoms with Gasteiger partial charge in [-0.2, -0.15) is 0 Å². The molecule has 4 rings (SSSR count). The predicted molar refractivity (Wildman–Crippen MR) is 86.6 cm³/mol. The van der Waals surface area contributed by atoms with Crippen LogP contribution in [0.3, 0.4) is 0 Å². The molecular weight excluding hydrogens is 258 g/mol. The van der Waals surface area contributed by atoms with E-state index in [2.05, 4.69) is 30.4 Å². The van der Waals surface area contributed by atoms with Crippen molar-refractivity contribution >= 4 is 5.69 Å². The number of aryl methyl sites for hydroxylation is 1. The molecule has 114 valence electrons. The molecule has 2 heterocycles. The molecule has 0 unspecified atom stereocenters. The van der Waals surface area contributed by atoms with Crippen molar-refractivity contribution in [3.8, 4) is 0 Å². The van der Waals surface area contributed by atoms with Crippen LogP contribution in [0.5, 0.6) is 0 Å². The quantitative estimate of drug-likeness (QED) is 0.797. The lowest BCUT2D eigenvalue weighted by atomic mass is 9.71. The molecule has 2 nitrogen and oxygen atoms in total. The fraction of sp³-hybridized carbons (Fsp3) is 0.684. The minimum atomic E-state index is 0.335. The highest BCUT2D eigenvalue weighted by Crippen LogP contribution is 2.47. The molecule has 1 aromatic rings. The first kappa shape index (κ1) is 13.6. The number of ether oxygens (including phenoxy) is 1. The summed E-state index contributed by atoms with van der Waals surface area (Å²) in [5, 5.41) is 3.91. The van der Waals surface area contributed by atoms with Gasteiger partial charge in [0.25, 0.3) is 0 Å². The van der Waals surface area contributed by atoms with Crippen LogP contribution in [0.15, 0.2) is 18.2 Å². The molecule has 0 radical (unpaired) electrons. The van der Waals surface area contributed by atoms with Gasteiger partial charge in [-0.25, -0.2) is 0 Å². The van der Waals surface area contributed by atoms with Crippen molar-refractivity contribution in [3.05, 3.63) is 29.3 Å². The smallest absolute Gasteiger partial charge is 0.0892 e. The fourth-order valence-corrected chi connectivity index (χ4v) is 4.79. The van der Waals surface area contributed by atoms with Crippen LogP contribution in [0.2, 0.25) is 0 Å². The minimum Gasteiger partial charge on any atom is -0.381 e. The van der Waals surface area contributed by atoms with E-state index < -0.39 is 0 Å². The van der Waals surface area contributed by atoms with Crippen LogP contribution < -0.4 is 5.32 Å². The Kier molecular flexibility index (Phi) is 3.66. The number of benzene rings is 1. The maximum absolute atomic E-state index is 6.24. The molecular formula is C19H27NO. The van der Waals surface area contributed by atoms with E-state index in [-0.39, 0.29) is 0 Å². The SMILES string of the molecule is Cc1ccc2c(c1)[C@H]1OCCC[C@H]1[C@@H](C1CCCCC1)N2. The minimum absolute atomic E-state index is 0.335. The van der Waals surface area contributed by atoms with Gasteiger partial charge in [-0.05, 0) is 44.6 Å². The summed E-state index contributed by atoms with van der Waals surface area (Å²) in [6.45, 7) is 3.12. The molecule has 0 aromatic heterocycles. The van der Waals surface area contributed by atoms with E-state index in [0.717, 1.165) is 12.5 Å². The van der Waals surface area contributed by atoms with E-state index in [9.17, 15) is 0 Å². The monoisotopic (exact) mass is 285 g/mol. The van der Waals surface area contributed by atoms with E-state index >= 15 is 0 Å². The first-order valence-corrected chi connectivity index (χ1v) is 8.81. The Labute approximate surface area is 128 Å². The lowest BCUT2D eigenvalue weighted by Gasteiger charge is -2.47. The van der Waals surface area contributed by atoms with Gasteiger partial charge in [0.05, 0.1) is 6.10 Å². The Hall–Kier alpha value is -1.02. The Balaban J connectivity index is 1.68. The van der Waals surface area contributed by atoms with Crippen LogP contribution in [-0.2, 0) is 4.74 Å². The molecule has 1 saturated carbocycles. The molecule has 3 aliphatic rings. The molecule has 0 amide bonds. The van der Waals surface area contributed by atoms with Crippen molar-refractivity contribution in [1.82, 2.24) is 0 Å². The van der Waals surface area contributed by atoms with Crippen molar-refractivity contribution in [2.45, 2.75) is 64.0 Å².